The predicted molar refractivity (Wildman–Crippen MR) is 218 cm³/mol. The largest absolute Gasteiger partial charge is 0.458 e. The molecule has 0 saturated carbocycles. The molecule has 3 heterocycles. The quantitative estimate of drug-likeness (QED) is 0.121. The van der Waals surface area contributed by atoms with Gasteiger partial charge in [-0.1, -0.05) is 139 Å². The van der Waals surface area contributed by atoms with Crippen molar-refractivity contribution in [2.24, 2.45) is 0 Å². The van der Waals surface area contributed by atoms with Gasteiger partial charge in [0, 0.05) is 34.1 Å². The molecule has 0 amide bonds. The van der Waals surface area contributed by atoms with E-state index in [1.807, 2.05) is 95.6 Å². The third-order valence-corrected chi connectivity index (χ3v) is 9.49. The zero-order chi connectivity index (χ0) is 44.7. The first kappa shape index (κ1) is 22.9. The van der Waals surface area contributed by atoms with Crippen molar-refractivity contribution < 1.29 is 23.0 Å². The number of para-hydroxylation sites is 4. The molecule has 0 N–H and O–H groups in total. The average molecular weight is 725 g/mol. The van der Waals surface area contributed by atoms with Gasteiger partial charge in [-0.3, -0.25) is 13.7 Å². The second-order valence-corrected chi connectivity index (χ2v) is 12.9. The molecule has 0 fully saturated rings. The Kier molecular flexibility index (Phi) is 5.60. The molecule has 256 valence electrons. The molecule has 0 spiro atoms. The first-order valence-corrected chi connectivity index (χ1v) is 17.4. The molecule has 0 atom stereocenters. The topological polar surface area (TPSA) is 35.9 Å². The standard InChI is InChI=1S/C48H31ClN4O/c49-35-27-28-50-47(29-35)53-43-22-8-7-19-41(43)42-26-25-38(31-46(42)53)54-37-18-11-17-36(30-37)51-32-52(45-24-10-9-23-44(45)51)48-39(33-13-3-1-4-14-33)20-12-21-40(48)34-15-5-2-6-16-34/h1-31H/i1D,2D,3D,4D,5D,6D,13D,14D,15D,16D. The van der Waals surface area contributed by atoms with Crippen LogP contribution in [0.3, 0.4) is 0 Å². The van der Waals surface area contributed by atoms with Gasteiger partial charge in [0.1, 0.15) is 17.3 Å². The SMILES string of the molecule is [2H]c1c([2H])c([2H])c(-c2cccc(-c3c([2H])c([2H])c([2H])c([2H])c3[2H])c2-[n+]2[c-]n(-c3cccc(Oc4ccc5c6ccccc6n(-c6cc(Cl)ccn6)c5c4)c3)c3ccccc32)c([2H])c1[2H]. The van der Waals surface area contributed by atoms with Gasteiger partial charge in [-0.25, -0.2) is 4.98 Å². The molecule has 6 heteroatoms. The Labute approximate surface area is 331 Å². The fraction of sp³-hybridized carbons (Fsp3) is 0. The van der Waals surface area contributed by atoms with E-state index in [-0.39, 0.29) is 27.9 Å². The maximum absolute atomic E-state index is 8.96. The highest BCUT2D eigenvalue weighted by molar-refractivity contribution is 6.30. The van der Waals surface area contributed by atoms with Crippen LogP contribution < -0.4 is 9.30 Å². The van der Waals surface area contributed by atoms with E-state index in [9.17, 15) is 0 Å². The molecule has 0 aliphatic carbocycles. The number of fused-ring (bicyclic) bond motifs is 4. The molecule has 10 rings (SSSR count). The zero-order valence-electron chi connectivity index (χ0n) is 38.2. The van der Waals surface area contributed by atoms with Gasteiger partial charge in [-0.15, -0.1) is 0 Å². The lowest BCUT2D eigenvalue weighted by Gasteiger charge is -2.17. The van der Waals surface area contributed by atoms with E-state index in [0.29, 0.717) is 39.1 Å². The van der Waals surface area contributed by atoms with Gasteiger partial charge < -0.3 is 4.74 Å². The molecule has 5 nitrogen and oxygen atoms in total. The fourth-order valence-corrected chi connectivity index (χ4v) is 7.13. The summed E-state index contributed by atoms with van der Waals surface area (Å²) in [7, 11) is 0. The molecule has 0 unspecified atom stereocenters. The van der Waals surface area contributed by atoms with E-state index in [1.54, 1.807) is 39.6 Å². The summed E-state index contributed by atoms with van der Waals surface area (Å²) in [6, 6.07) is 31.7. The van der Waals surface area contributed by atoms with Crippen LogP contribution in [0.4, 0.5) is 0 Å². The van der Waals surface area contributed by atoms with E-state index in [0.717, 1.165) is 21.8 Å². The summed E-state index contributed by atoms with van der Waals surface area (Å²) in [4.78, 5) is 4.62. The molecule has 10 aromatic rings. The number of rotatable bonds is 7. The Balaban J connectivity index is 1.16. The number of pyridine rings is 1. The summed E-state index contributed by atoms with van der Waals surface area (Å²) in [6.07, 6.45) is 5.08. The summed E-state index contributed by atoms with van der Waals surface area (Å²) < 4.78 is 98.5. The van der Waals surface area contributed by atoms with E-state index in [1.165, 1.54) is 0 Å². The van der Waals surface area contributed by atoms with E-state index in [2.05, 4.69) is 17.4 Å². The van der Waals surface area contributed by atoms with Crippen LogP contribution in [-0.4, -0.2) is 14.1 Å². The lowest BCUT2D eigenvalue weighted by Crippen LogP contribution is -2.31. The molecule has 0 bridgehead atoms. The van der Waals surface area contributed by atoms with Gasteiger partial charge >= 0.3 is 0 Å². The number of benzene rings is 7. The minimum absolute atomic E-state index is 0.134. The van der Waals surface area contributed by atoms with Gasteiger partial charge in [0.05, 0.1) is 47.1 Å². The first-order valence-electron chi connectivity index (χ1n) is 22.0. The summed E-state index contributed by atoms with van der Waals surface area (Å²) in [5.74, 6) is 1.71. The smallest absolute Gasteiger partial charge is 0.269 e. The van der Waals surface area contributed by atoms with Crippen molar-refractivity contribution in [2.45, 2.75) is 0 Å². The monoisotopic (exact) mass is 724 g/mol. The Morgan fingerprint density at radius 3 is 2.04 bits per heavy atom. The van der Waals surface area contributed by atoms with Gasteiger partial charge in [-0.05, 0) is 64.7 Å². The van der Waals surface area contributed by atoms with Gasteiger partial charge in [0.15, 0.2) is 0 Å². The van der Waals surface area contributed by atoms with Crippen LogP contribution in [0.1, 0.15) is 13.7 Å². The molecule has 0 aliphatic heterocycles. The molecule has 0 saturated heterocycles. The molecule has 3 aromatic heterocycles. The highest BCUT2D eigenvalue weighted by atomic mass is 35.5. The second kappa shape index (κ2) is 13.2. The number of aromatic nitrogens is 4. The zero-order valence-corrected chi connectivity index (χ0v) is 29.0. The van der Waals surface area contributed by atoms with Crippen molar-refractivity contribution in [3.63, 3.8) is 0 Å². The highest BCUT2D eigenvalue weighted by Gasteiger charge is 2.20. The molecule has 0 radical (unpaired) electrons. The molecular weight excluding hydrogens is 684 g/mol. The minimum atomic E-state index is -0.569. The summed E-state index contributed by atoms with van der Waals surface area (Å²) in [5, 5.41) is 2.60. The van der Waals surface area contributed by atoms with Crippen molar-refractivity contribution in [1.29, 1.82) is 0 Å². The Morgan fingerprint density at radius 1 is 0.611 bits per heavy atom. The molecular formula is C48H31ClN4O. The van der Waals surface area contributed by atoms with Gasteiger partial charge in [0.2, 0.25) is 0 Å². The van der Waals surface area contributed by atoms with Crippen molar-refractivity contribution in [3.8, 4) is 50.9 Å². The van der Waals surface area contributed by atoms with Crippen molar-refractivity contribution in [3.05, 3.63) is 199 Å². The van der Waals surface area contributed by atoms with E-state index >= 15 is 0 Å². The Bertz CT molecular complexity index is 3440. The summed E-state index contributed by atoms with van der Waals surface area (Å²) in [5.41, 5.74) is 3.86. The number of ether oxygens (including phenoxy) is 1. The fourth-order valence-electron chi connectivity index (χ4n) is 6.97. The normalized spacial score (nSPS) is 14.0. The maximum atomic E-state index is 8.96. The molecule has 7 aromatic carbocycles. The predicted octanol–water partition coefficient (Wildman–Crippen LogP) is 12.0. The summed E-state index contributed by atoms with van der Waals surface area (Å²) in [6.45, 7) is 0. The first-order chi connectivity index (χ1) is 30.8. The van der Waals surface area contributed by atoms with E-state index in [4.69, 9.17) is 30.0 Å². The van der Waals surface area contributed by atoms with E-state index < -0.39 is 60.4 Å². The van der Waals surface area contributed by atoms with Crippen LogP contribution in [0, 0.1) is 6.33 Å². The second-order valence-electron chi connectivity index (χ2n) is 12.4. The summed E-state index contributed by atoms with van der Waals surface area (Å²) >= 11 is 6.42. The Morgan fingerprint density at radius 2 is 1.28 bits per heavy atom. The number of imidazole rings is 1. The minimum Gasteiger partial charge on any atom is -0.458 e. The van der Waals surface area contributed by atoms with Crippen molar-refractivity contribution >= 4 is 44.4 Å². The average Bonchev–Trinajstić information content (AvgIpc) is 3.85. The van der Waals surface area contributed by atoms with Crippen LogP contribution >= 0.6 is 11.6 Å². The molecule has 54 heavy (non-hydrogen) atoms. The number of halogens is 1. The highest BCUT2D eigenvalue weighted by Crippen LogP contribution is 2.37. The van der Waals surface area contributed by atoms with Crippen LogP contribution in [0.5, 0.6) is 11.5 Å². The lowest BCUT2D eigenvalue weighted by atomic mass is 9.95. The Hall–Kier alpha value is -6.95. The van der Waals surface area contributed by atoms with Crippen LogP contribution in [0.2, 0.25) is 5.02 Å². The number of nitrogens with zero attached hydrogens (tertiary/aromatic N) is 4. The molecule has 0 aliphatic rings. The van der Waals surface area contributed by atoms with Gasteiger partial charge in [0.25, 0.3) is 6.33 Å². The van der Waals surface area contributed by atoms with Crippen LogP contribution in [0.25, 0.3) is 72.3 Å². The van der Waals surface area contributed by atoms with Crippen molar-refractivity contribution in [2.75, 3.05) is 0 Å². The van der Waals surface area contributed by atoms with Crippen LogP contribution in [-0.2, 0) is 0 Å². The third kappa shape index (κ3) is 5.50. The van der Waals surface area contributed by atoms with Gasteiger partial charge in [-0.2, -0.15) is 0 Å². The van der Waals surface area contributed by atoms with Crippen LogP contribution in [0.15, 0.2) is 188 Å². The maximum Gasteiger partial charge on any atom is 0.269 e. The number of hydrogen-bond acceptors (Lipinski definition) is 2. The third-order valence-electron chi connectivity index (χ3n) is 9.26. The van der Waals surface area contributed by atoms with Crippen molar-refractivity contribution in [1.82, 2.24) is 14.1 Å². The lowest BCUT2D eigenvalue weighted by molar-refractivity contribution is -0.571. The number of hydrogen-bond donors (Lipinski definition) is 0.